The number of aromatic nitrogens is 1. The SMILES string of the molecule is c1ccc(-n2c3ccccc3c3c(N(c4ccc5sc6ccccc6c5c4)c4cccc5c4oc4cc6ccccc6cc45)cccc32)cc1. The first-order chi connectivity index (χ1) is 24.8. The van der Waals surface area contributed by atoms with E-state index in [-0.39, 0.29) is 0 Å². The summed E-state index contributed by atoms with van der Waals surface area (Å²) in [5.74, 6) is 0. The maximum atomic E-state index is 6.89. The number of rotatable bonds is 4. The molecule has 0 spiro atoms. The number of hydrogen-bond donors (Lipinski definition) is 0. The molecule has 0 radical (unpaired) electrons. The Labute approximate surface area is 291 Å². The first-order valence-electron chi connectivity index (χ1n) is 16.9. The summed E-state index contributed by atoms with van der Waals surface area (Å²) in [7, 11) is 0. The molecule has 0 amide bonds. The quantitative estimate of drug-likeness (QED) is 0.188. The van der Waals surface area contributed by atoms with Crippen LogP contribution in [0.25, 0.3) is 80.4 Å². The van der Waals surface area contributed by atoms with Crippen molar-refractivity contribution < 1.29 is 4.42 Å². The van der Waals surface area contributed by atoms with Crippen molar-refractivity contribution in [1.29, 1.82) is 0 Å². The van der Waals surface area contributed by atoms with Crippen molar-refractivity contribution in [3.05, 3.63) is 170 Å². The molecule has 0 fully saturated rings. The van der Waals surface area contributed by atoms with Gasteiger partial charge in [-0.2, -0.15) is 0 Å². The van der Waals surface area contributed by atoms with Crippen LogP contribution in [0.2, 0.25) is 0 Å². The second-order valence-corrected chi connectivity index (χ2v) is 14.0. The van der Waals surface area contributed by atoms with Crippen molar-refractivity contribution in [2.45, 2.75) is 0 Å². The van der Waals surface area contributed by atoms with Gasteiger partial charge in [0.1, 0.15) is 5.58 Å². The predicted octanol–water partition coefficient (Wildman–Crippen LogP) is 13.7. The van der Waals surface area contributed by atoms with Crippen LogP contribution in [0.4, 0.5) is 17.1 Å². The number of benzene rings is 8. The molecule has 3 heterocycles. The molecule has 0 saturated heterocycles. The minimum absolute atomic E-state index is 0.872. The molecule has 3 nitrogen and oxygen atoms in total. The summed E-state index contributed by atoms with van der Waals surface area (Å²) in [6.45, 7) is 0. The lowest BCUT2D eigenvalue weighted by atomic mass is 10.0. The van der Waals surface area contributed by atoms with E-state index in [1.807, 2.05) is 11.3 Å². The van der Waals surface area contributed by atoms with Gasteiger partial charge in [-0.25, -0.2) is 0 Å². The predicted molar refractivity (Wildman–Crippen MR) is 213 cm³/mol. The van der Waals surface area contributed by atoms with Gasteiger partial charge < -0.3 is 13.9 Å². The summed E-state index contributed by atoms with van der Waals surface area (Å²) < 4.78 is 11.8. The van der Waals surface area contributed by atoms with Gasteiger partial charge in [-0.3, -0.25) is 0 Å². The van der Waals surface area contributed by atoms with Crippen LogP contribution in [0.3, 0.4) is 0 Å². The van der Waals surface area contributed by atoms with Crippen molar-refractivity contribution >= 4 is 103 Å². The molecular weight excluding hydrogens is 629 g/mol. The Morgan fingerprint density at radius 2 is 1.14 bits per heavy atom. The molecule has 3 aromatic heterocycles. The van der Waals surface area contributed by atoms with E-state index in [9.17, 15) is 0 Å². The van der Waals surface area contributed by atoms with Crippen molar-refractivity contribution in [1.82, 2.24) is 4.57 Å². The normalized spacial score (nSPS) is 12.0. The minimum Gasteiger partial charge on any atom is -0.454 e. The molecular formula is C46H28N2OS. The standard InChI is InChI=1S/C46H28N2OS/c1-2-14-31(15-3-1)47-38-19-8-6-17-35(38)45-39(47)20-11-21-40(45)48(32-24-25-44-37(28-32)33-16-7-9-23-43(33)50-44)41-22-10-18-34-36-26-29-12-4-5-13-30(29)27-42(36)49-46(34)41/h1-28H. The number of anilines is 3. The molecule has 8 aromatic carbocycles. The highest BCUT2D eigenvalue weighted by atomic mass is 32.1. The average molecular weight is 657 g/mol. The molecule has 11 rings (SSSR count). The van der Waals surface area contributed by atoms with E-state index >= 15 is 0 Å². The van der Waals surface area contributed by atoms with Crippen LogP contribution in [-0.2, 0) is 0 Å². The van der Waals surface area contributed by atoms with Gasteiger partial charge >= 0.3 is 0 Å². The number of thiophene rings is 1. The lowest BCUT2D eigenvalue weighted by Gasteiger charge is -2.26. The number of para-hydroxylation sites is 3. The lowest BCUT2D eigenvalue weighted by molar-refractivity contribution is 0.669. The summed E-state index contributed by atoms with van der Waals surface area (Å²) in [5.41, 5.74) is 8.43. The third kappa shape index (κ3) is 3.97. The highest BCUT2D eigenvalue weighted by molar-refractivity contribution is 7.25. The molecule has 50 heavy (non-hydrogen) atoms. The third-order valence-electron chi connectivity index (χ3n) is 10.1. The lowest BCUT2D eigenvalue weighted by Crippen LogP contribution is -2.10. The Hall–Kier alpha value is -6.36. The van der Waals surface area contributed by atoms with Crippen LogP contribution in [-0.4, -0.2) is 4.57 Å². The van der Waals surface area contributed by atoms with E-state index in [1.165, 1.54) is 47.2 Å². The van der Waals surface area contributed by atoms with Crippen LogP contribution < -0.4 is 4.90 Å². The minimum atomic E-state index is 0.872. The van der Waals surface area contributed by atoms with E-state index in [0.29, 0.717) is 0 Å². The number of nitrogens with zero attached hydrogens (tertiary/aromatic N) is 2. The molecule has 0 bridgehead atoms. The topological polar surface area (TPSA) is 21.3 Å². The Morgan fingerprint density at radius 1 is 0.460 bits per heavy atom. The average Bonchev–Trinajstić information content (AvgIpc) is 3.84. The van der Waals surface area contributed by atoms with Gasteiger partial charge in [-0.05, 0) is 83.6 Å². The summed E-state index contributed by atoms with van der Waals surface area (Å²) >= 11 is 1.85. The Kier molecular flexibility index (Phi) is 5.83. The number of hydrogen-bond acceptors (Lipinski definition) is 3. The van der Waals surface area contributed by atoms with Gasteiger partial charge in [0.05, 0.1) is 22.4 Å². The molecule has 0 aliphatic heterocycles. The third-order valence-corrected chi connectivity index (χ3v) is 11.3. The van der Waals surface area contributed by atoms with E-state index < -0.39 is 0 Å². The van der Waals surface area contributed by atoms with Crippen LogP contribution in [0.5, 0.6) is 0 Å². The first kappa shape index (κ1) is 27.6. The number of furan rings is 1. The monoisotopic (exact) mass is 656 g/mol. The van der Waals surface area contributed by atoms with Gasteiger partial charge in [-0.15, -0.1) is 11.3 Å². The number of fused-ring (bicyclic) bond motifs is 10. The Balaban J connectivity index is 1.26. The fraction of sp³-hybridized carbons (Fsp3) is 0. The van der Waals surface area contributed by atoms with Gasteiger partial charge in [0.2, 0.25) is 0 Å². The van der Waals surface area contributed by atoms with E-state index in [1.54, 1.807) is 0 Å². The summed E-state index contributed by atoms with van der Waals surface area (Å²) in [5, 5.41) is 9.55. The zero-order chi connectivity index (χ0) is 32.8. The fourth-order valence-corrected chi connectivity index (χ4v) is 9.03. The Bertz CT molecular complexity index is 3110. The van der Waals surface area contributed by atoms with Crippen molar-refractivity contribution in [2.75, 3.05) is 4.90 Å². The zero-order valence-corrected chi connectivity index (χ0v) is 27.7. The summed E-state index contributed by atoms with van der Waals surface area (Å²) in [4.78, 5) is 2.42. The molecule has 4 heteroatoms. The largest absolute Gasteiger partial charge is 0.454 e. The molecule has 0 saturated carbocycles. The first-order valence-corrected chi connectivity index (χ1v) is 17.7. The highest BCUT2D eigenvalue weighted by Gasteiger charge is 2.24. The van der Waals surface area contributed by atoms with Crippen molar-refractivity contribution in [2.24, 2.45) is 0 Å². The summed E-state index contributed by atoms with van der Waals surface area (Å²) in [6, 6.07) is 61.2. The Morgan fingerprint density at radius 3 is 2.04 bits per heavy atom. The van der Waals surface area contributed by atoms with Gasteiger partial charge in [0, 0.05) is 53.1 Å². The van der Waals surface area contributed by atoms with Crippen molar-refractivity contribution in [3.8, 4) is 5.69 Å². The van der Waals surface area contributed by atoms with Crippen LogP contribution in [0.15, 0.2) is 174 Å². The van der Waals surface area contributed by atoms with Crippen LogP contribution >= 0.6 is 11.3 Å². The molecule has 0 aliphatic carbocycles. The summed E-state index contributed by atoms with van der Waals surface area (Å²) in [6.07, 6.45) is 0. The molecule has 0 atom stereocenters. The molecule has 11 aromatic rings. The van der Waals surface area contributed by atoms with E-state index in [2.05, 4.69) is 179 Å². The smallest absolute Gasteiger partial charge is 0.159 e. The van der Waals surface area contributed by atoms with E-state index in [0.717, 1.165) is 50.2 Å². The van der Waals surface area contributed by atoms with Gasteiger partial charge in [-0.1, -0.05) is 97.1 Å². The molecule has 0 unspecified atom stereocenters. The van der Waals surface area contributed by atoms with Crippen LogP contribution in [0.1, 0.15) is 0 Å². The maximum Gasteiger partial charge on any atom is 0.159 e. The fourth-order valence-electron chi connectivity index (χ4n) is 7.95. The molecule has 234 valence electrons. The van der Waals surface area contributed by atoms with Crippen molar-refractivity contribution in [3.63, 3.8) is 0 Å². The maximum absolute atomic E-state index is 6.89. The molecule has 0 N–H and O–H groups in total. The van der Waals surface area contributed by atoms with E-state index in [4.69, 9.17) is 4.42 Å². The van der Waals surface area contributed by atoms with Gasteiger partial charge in [0.25, 0.3) is 0 Å². The second kappa shape index (κ2) is 10.6. The zero-order valence-electron chi connectivity index (χ0n) is 26.9. The van der Waals surface area contributed by atoms with Crippen LogP contribution in [0, 0.1) is 0 Å². The molecule has 0 aliphatic rings. The highest BCUT2D eigenvalue weighted by Crippen LogP contribution is 2.48. The van der Waals surface area contributed by atoms with Gasteiger partial charge in [0.15, 0.2) is 5.58 Å². The second-order valence-electron chi connectivity index (χ2n) is 12.9.